The second-order valence-corrected chi connectivity index (χ2v) is 5.64. The van der Waals surface area contributed by atoms with E-state index >= 15 is 0 Å². The fourth-order valence-electron chi connectivity index (χ4n) is 3.10. The lowest BCUT2D eigenvalue weighted by molar-refractivity contribution is 0.0425. The number of cyclic esters (lactones) is 4. The zero-order valence-electron chi connectivity index (χ0n) is 11.9. The average molecular weight is 322 g/mol. The largest absolute Gasteiger partial charge is 0.457 e. The van der Waals surface area contributed by atoms with Gasteiger partial charge < -0.3 is 14.2 Å². The van der Waals surface area contributed by atoms with Gasteiger partial charge in [0.1, 0.15) is 11.5 Å². The molecule has 0 amide bonds. The standard InChI is InChI=1S/C17H6O7/c18-14-8-2-6-1-7-3-9-11(17(21)24-15(9)19)5-13(7)22-12(6)4-10(8)16(20)23-14/h2-5H,1H2. The predicted molar refractivity (Wildman–Crippen MR) is 75.3 cm³/mol. The van der Waals surface area contributed by atoms with Crippen LogP contribution in [0.5, 0.6) is 11.5 Å². The number of rotatable bonds is 0. The van der Waals surface area contributed by atoms with Crippen LogP contribution < -0.4 is 4.74 Å². The van der Waals surface area contributed by atoms with E-state index in [-0.39, 0.29) is 22.3 Å². The molecule has 5 rings (SSSR count). The first-order valence-electron chi connectivity index (χ1n) is 7.06. The Labute approximate surface area is 133 Å². The van der Waals surface area contributed by atoms with Gasteiger partial charge in [-0.2, -0.15) is 0 Å². The van der Waals surface area contributed by atoms with Gasteiger partial charge in [-0.15, -0.1) is 0 Å². The maximum absolute atomic E-state index is 11.7. The lowest BCUT2D eigenvalue weighted by Crippen LogP contribution is -2.07. The summed E-state index contributed by atoms with van der Waals surface area (Å²) in [7, 11) is 0. The van der Waals surface area contributed by atoms with Crippen LogP contribution in [0.2, 0.25) is 0 Å². The molecule has 0 aliphatic carbocycles. The van der Waals surface area contributed by atoms with Gasteiger partial charge in [0.15, 0.2) is 0 Å². The van der Waals surface area contributed by atoms with Gasteiger partial charge >= 0.3 is 23.9 Å². The summed E-state index contributed by atoms with van der Waals surface area (Å²) in [5, 5.41) is 0. The first kappa shape index (κ1) is 13.0. The Hall–Kier alpha value is -3.48. The molecular weight excluding hydrogens is 316 g/mol. The molecule has 7 nitrogen and oxygen atoms in total. The van der Waals surface area contributed by atoms with Crippen molar-refractivity contribution in [2.45, 2.75) is 6.42 Å². The lowest BCUT2D eigenvalue weighted by atomic mass is 9.94. The molecule has 0 bridgehead atoms. The van der Waals surface area contributed by atoms with Crippen molar-refractivity contribution < 1.29 is 33.4 Å². The fourth-order valence-corrected chi connectivity index (χ4v) is 3.10. The molecule has 7 heteroatoms. The molecule has 2 aromatic rings. The molecule has 2 aromatic carbocycles. The molecule has 0 spiro atoms. The summed E-state index contributed by atoms with van der Waals surface area (Å²) < 4.78 is 14.9. The normalized spacial score (nSPS) is 16.7. The van der Waals surface area contributed by atoms with Crippen LogP contribution >= 0.6 is 0 Å². The highest BCUT2D eigenvalue weighted by Crippen LogP contribution is 2.41. The van der Waals surface area contributed by atoms with Crippen LogP contribution in [0, 0.1) is 0 Å². The Balaban J connectivity index is 1.65. The van der Waals surface area contributed by atoms with Crippen LogP contribution in [0.3, 0.4) is 0 Å². The molecular formula is C17H6O7. The summed E-state index contributed by atoms with van der Waals surface area (Å²) in [4.78, 5) is 46.6. The van der Waals surface area contributed by atoms with Crippen LogP contribution in [0.4, 0.5) is 0 Å². The van der Waals surface area contributed by atoms with Crippen molar-refractivity contribution in [1.29, 1.82) is 0 Å². The summed E-state index contributed by atoms with van der Waals surface area (Å²) in [6, 6.07) is 6.02. The lowest BCUT2D eigenvalue weighted by Gasteiger charge is -2.21. The summed E-state index contributed by atoms with van der Waals surface area (Å²) in [5.74, 6) is -1.99. The van der Waals surface area contributed by atoms with E-state index in [0.717, 1.165) is 0 Å². The van der Waals surface area contributed by atoms with Crippen molar-refractivity contribution in [3.8, 4) is 11.5 Å². The maximum Gasteiger partial charge on any atom is 0.347 e. The van der Waals surface area contributed by atoms with Gasteiger partial charge in [-0.25, -0.2) is 19.2 Å². The van der Waals surface area contributed by atoms with E-state index in [1.165, 1.54) is 12.1 Å². The van der Waals surface area contributed by atoms with E-state index in [1.54, 1.807) is 12.1 Å². The molecule has 0 atom stereocenters. The molecule has 0 radical (unpaired) electrons. The van der Waals surface area contributed by atoms with E-state index in [2.05, 4.69) is 9.47 Å². The topological polar surface area (TPSA) is 96.0 Å². The van der Waals surface area contributed by atoms with Gasteiger partial charge in [-0.1, -0.05) is 0 Å². The number of hydrogen-bond acceptors (Lipinski definition) is 7. The van der Waals surface area contributed by atoms with Gasteiger partial charge in [0.05, 0.1) is 22.3 Å². The molecule has 0 unspecified atom stereocenters. The van der Waals surface area contributed by atoms with Crippen LogP contribution in [-0.2, 0) is 15.9 Å². The van der Waals surface area contributed by atoms with Gasteiger partial charge in [0.2, 0.25) is 0 Å². The van der Waals surface area contributed by atoms with Gasteiger partial charge in [0.25, 0.3) is 0 Å². The van der Waals surface area contributed by atoms with Crippen molar-refractivity contribution >= 4 is 23.9 Å². The minimum atomic E-state index is -0.713. The number of hydrogen-bond donors (Lipinski definition) is 0. The zero-order chi connectivity index (χ0) is 16.6. The molecule has 3 aliphatic rings. The number of carbonyl (C=O) groups is 4. The van der Waals surface area contributed by atoms with E-state index in [4.69, 9.17) is 4.74 Å². The van der Waals surface area contributed by atoms with Crippen molar-refractivity contribution in [3.63, 3.8) is 0 Å². The number of carbonyl (C=O) groups excluding carboxylic acids is 4. The summed E-state index contributed by atoms with van der Waals surface area (Å²) in [5.41, 5.74) is 2.06. The van der Waals surface area contributed by atoms with E-state index in [1.807, 2.05) is 0 Å². The third-order valence-corrected chi connectivity index (χ3v) is 4.25. The Morgan fingerprint density at radius 3 is 1.33 bits per heavy atom. The Morgan fingerprint density at radius 2 is 0.917 bits per heavy atom. The van der Waals surface area contributed by atoms with Crippen LogP contribution in [-0.4, -0.2) is 23.9 Å². The molecule has 0 N–H and O–H groups in total. The van der Waals surface area contributed by atoms with Gasteiger partial charge in [-0.3, -0.25) is 0 Å². The van der Waals surface area contributed by atoms with Crippen molar-refractivity contribution in [1.82, 2.24) is 0 Å². The minimum Gasteiger partial charge on any atom is -0.457 e. The summed E-state index contributed by atoms with van der Waals surface area (Å²) >= 11 is 0. The molecule has 3 heterocycles. The summed E-state index contributed by atoms with van der Waals surface area (Å²) in [6.07, 6.45) is 0.383. The molecule has 0 saturated heterocycles. The van der Waals surface area contributed by atoms with Crippen molar-refractivity contribution in [3.05, 3.63) is 57.6 Å². The fraction of sp³-hybridized carbons (Fsp3) is 0.0588. The quantitative estimate of drug-likeness (QED) is 0.461. The highest BCUT2D eigenvalue weighted by molar-refractivity contribution is 6.16. The highest BCUT2D eigenvalue weighted by atomic mass is 16.6. The molecule has 24 heavy (non-hydrogen) atoms. The maximum atomic E-state index is 11.7. The second-order valence-electron chi connectivity index (χ2n) is 5.64. The Morgan fingerprint density at radius 1 is 0.542 bits per heavy atom. The third-order valence-electron chi connectivity index (χ3n) is 4.25. The van der Waals surface area contributed by atoms with Gasteiger partial charge in [0, 0.05) is 17.5 Å². The molecule has 116 valence electrons. The third kappa shape index (κ3) is 1.55. The van der Waals surface area contributed by atoms with Crippen LogP contribution in [0.25, 0.3) is 0 Å². The van der Waals surface area contributed by atoms with Crippen molar-refractivity contribution in [2.75, 3.05) is 0 Å². The molecule has 0 saturated carbocycles. The predicted octanol–water partition coefficient (Wildman–Crippen LogP) is 2.00. The van der Waals surface area contributed by atoms with E-state index in [9.17, 15) is 19.2 Å². The Bertz CT molecular complexity index is 870. The smallest absolute Gasteiger partial charge is 0.347 e. The van der Waals surface area contributed by atoms with Gasteiger partial charge in [-0.05, 0) is 24.3 Å². The SMILES string of the molecule is O=C1OC(=O)c2cc3c(cc21)Cc1cc2c(cc1O3)C(=O)OC2=O. The highest BCUT2D eigenvalue weighted by Gasteiger charge is 2.35. The van der Waals surface area contributed by atoms with E-state index in [0.29, 0.717) is 29.0 Å². The molecule has 0 aromatic heterocycles. The van der Waals surface area contributed by atoms with Crippen molar-refractivity contribution in [2.24, 2.45) is 0 Å². The van der Waals surface area contributed by atoms with Crippen LogP contribution in [0.1, 0.15) is 52.6 Å². The number of fused-ring (bicyclic) bond motifs is 4. The summed E-state index contributed by atoms with van der Waals surface area (Å²) in [6.45, 7) is 0. The van der Waals surface area contributed by atoms with E-state index < -0.39 is 23.9 Å². The molecule has 3 aliphatic heterocycles. The monoisotopic (exact) mass is 322 g/mol. The minimum absolute atomic E-state index is 0.151. The number of ether oxygens (including phenoxy) is 3. The van der Waals surface area contributed by atoms with Crippen LogP contribution in [0.15, 0.2) is 24.3 Å². The second kappa shape index (κ2) is 4.08. The first-order chi connectivity index (χ1) is 11.5. The molecule has 0 fully saturated rings. The Kier molecular flexibility index (Phi) is 2.21. The number of benzene rings is 2. The number of esters is 4. The first-order valence-corrected chi connectivity index (χ1v) is 7.06. The zero-order valence-corrected chi connectivity index (χ0v) is 11.9. The average Bonchev–Trinajstić information content (AvgIpc) is 2.98.